The Morgan fingerprint density at radius 2 is 1.78 bits per heavy atom. The minimum absolute atomic E-state index is 0.170. The fourth-order valence-corrected chi connectivity index (χ4v) is 2.82. The maximum Gasteiger partial charge on any atom is 0.129 e. The lowest BCUT2D eigenvalue weighted by molar-refractivity contribution is 0.448. The van der Waals surface area contributed by atoms with Crippen molar-refractivity contribution in [2.45, 2.75) is 29.6 Å². The van der Waals surface area contributed by atoms with Crippen LogP contribution in [0.5, 0.6) is 11.5 Å². The van der Waals surface area contributed by atoms with E-state index in [2.05, 4.69) is 13.0 Å². The zero-order chi connectivity index (χ0) is 13.0. The van der Waals surface area contributed by atoms with Crippen LogP contribution in [0.1, 0.15) is 18.9 Å². The molecule has 0 aliphatic heterocycles. The van der Waals surface area contributed by atoms with Crippen LogP contribution in [0.25, 0.3) is 0 Å². The first kappa shape index (κ1) is 12.8. The molecule has 2 N–H and O–H groups in total. The lowest BCUT2D eigenvalue weighted by Crippen LogP contribution is -1.87. The quantitative estimate of drug-likeness (QED) is 0.809. The van der Waals surface area contributed by atoms with E-state index in [0.29, 0.717) is 4.90 Å². The maximum atomic E-state index is 9.79. The first-order chi connectivity index (χ1) is 8.70. The van der Waals surface area contributed by atoms with Gasteiger partial charge in [0.1, 0.15) is 11.5 Å². The molecule has 0 saturated carbocycles. The molecule has 0 heterocycles. The van der Waals surface area contributed by atoms with Crippen molar-refractivity contribution in [3.05, 3.63) is 48.0 Å². The van der Waals surface area contributed by atoms with Gasteiger partial charge in [-0.1, -0.05) is 43.3 Å². The molecule has 0 unspecified atom stereocenters. The smallest absolute Gasteiger partial charge is 0.129 e. The van der Waals surface area contributed by atoms with Crippen molar-refractivity contribution in [3.63, 3.8) is 0 Å². The highest BCUT2D eigenvalue weighted by molar-refractivity contribution is 7.99. The van der Waals surface area contributed by atoms with Gasteiger partial charge in [0.2, 0.25) is 0 Å². The molecule has 0 saturated heterocycles. The van der Waals surface area contributed by atoms with Crippen LogP contribution >= 0.6 is 11.8 Å². The van der Waals surface area contributed by atoms with E-state index in [9.17, 15) is 10.2 Å². The van der Waals surface area contributed by atoms with E-state index >= 15 is 0 Å². The number of benzene rings is 2. The van der Waals surface area contributed by atoms with E-state index in [4.69, 9.17) is 0 Å². The SMILES string of the molecule is CCCc1ccccc1Sc1cc(O)ccc1O. The summed E-state index contributed by atoms with van der Waals surface area (Å²) in [5.74, 6) is 0.368. The fraction of sp³-hybridized carbons (Fsp3) is 0.200. The number of phenolic OH excluding ortho intramolecular Hbond substituents is 2. The number of rotatable bonds is 4. The van der Waals surface area contributed by atoms with Crippen molar-refractivity contribution in [3.8, 4) is 11.5 Å². The van der Waals surface area contributed by atoms with Crippen LogP contribution in [0.4, 0.5) is 0 Å². The molecule has 2 rings (SSSR count). The van der Waals surface area contributed by atoms with Crippen LogP contribution in [-0.2, 0) is 6.42 Å². The zero-order valence-corrected chi connectivity index (χ0v) is 11.1. The predicted octanol–water partition coefficient (Wildman–Crippen LogP) is 4.20. The van der Waals surface area contributed by atoms with Gasteiger partial charge in [0.15, 0.2) is 0 Å². The molecule has 0 aromatic heterocycles. The summed E-state index contributed by atoms with van der Waals surface area (Å²) in [6.07, 6.45) is 2.10. The Labute approximate surface area is 111 Å². The standard InChI is InChI=1S/C15H16O2S/c1-2-5-11-6-3-4-7-14(11)18-15-10-12(16)8-9-13(15)17/h3-4,6-10,16-17H,2,5H2,1H3. The van der Waals surface area contributed by atoms with E-state index in [1.807, 2.05) is 18.2 Å². The second kappa shape index (κ2) is 5.83. The Kier molecular flexibility index (Phi) is 4.15. The third kappa shape index (κ3) is 2.99. The molecule has 18 heavy (non-hydrogen) atoms. The van der Waals surface area contributed by atoms with Gasteiger partial charge in [-0.3, -0.25) is 0 Å². The van der Waals surface area contributed by atoms with Crippen LogP contribution in [0.15, 0.2) is 52.3 Å². The minimum atomic E-state index is 0.170. The van der Waals surface area contributed by atoms with Gasteiger partial charge >= 0.3 is 0 Å². The molecule has 2 aromatic rings. The number of phenols is 2. The highest BCUT2D eigenvalue weighted by Crippen LogP contribution is 2.38. The monoisotopic (exact) mass is 260 g/mol. The second-order valence-electron chi connectivity index (χ2n) is 4.11. The van der Waals surface area contributed by atoms with Gasteiger partial charge in [-0.15, -0.1) is 0 Å². The number of hydrogen-bond acceptors (Lipinski definition) is 3. The van der Waals surface area contributed by atoms with E-state index in [1.165, 1.54) is 29.5 Å². The largest absolute Gasteiger partial charge is 0.508 e. The van der Waals surface area contributed by atoms with Crippen LogP contribution < -0.4 is 0 Å². The number of aryl methyl sites for hydroxylation is 1. The highest BCUT2D eigenvalue weighted by Gasteiger charge is 2.07. The first-order valence-corrected chi connectivity index (χ1v) is 6.80. The van der Waals surface area contributed by atoms with Gasteiger partial charge < -0.3 is 10.2 Å². The molecule has 94 valence electrons. The van der Waals surface area contributed by atoms with Gasteiger partial charge in [0.05, 0.1) is 4.90 Å². The Morgan fingerprint density at radius 1 is 1.00 bits per heavy atom. The van der Waals surface area contributed by atoms with Crippen molar-refractivity contribution < 1.29 is 10.2 Å². The molecule has 2 nitrogen and oxygen atoms in total. The summed E-state index contributed by atoms with van der Waals surface area (Å²) in [4.78, 5) is 1.80. The molecule has 0 aliphatic carbocycles. The van der Waals surface area contributed by atoms with Gasteiger partial charge in [0, 0.05) is 4.90 Å². The van der Waals surface area contributed by atoms with Crippen molar-refractivity contribution in [1.82, 2.24) is 0 Å². The molecule has 0 fully saturated rings. The van der Waals surface area contributed by atoms with Crippen molar-refractivity contribution in [1.29, 1.82) is 0 Å². The molecule has 0 bridgehead atoms. The van der Waals surface area contributed by atoms with Crippen LogP contribution in [-0.4, -0.2) is 10.2 Å². The molecular weight excluding hydrogens is 244 g/mol. The van der Waals surface area contributed by atoms with Gasteiger partial charge in [-0.05, 0) is 36.2 Å². The summed E-state index contributed by atoms with van der Waals surface area (Å²) >= 11 is 1.48. The van der Waals surface area contributed by atoms with E-state index in [0.717, 1.165) is 17.7 Å². The molecule has 0 spiro atoms. The van der Waals surface area contributed by atoms with Crippen LogP contribution in [0, 0.1) is 0 Å². The topological polar surface area (TPSA) is 40.5 Å². The van der Waals surface area contributed by atoms with Crippen molar-refractivity contribution >= 4 is 11.8 Å². The number of aromatic hydroxyl groups is 2. The second-order valence-corrected chi connectivity index (χ2v) is 5.20. The Balaban J connectivity index is 2.30. The van der Waals surface area contributed by atoms with Crippen LogP contribution in [0.3, 0.4) is 0 Å². The lowest BCUT2D eigenvalue weighted by Gasteiger charge is -2.09. The van der Waals surface area contributed by atoms with E-state index in [1.54, 1.807) is 6.07 Å². The predicted molar refractivity (Wildman–Crippen MR) is 74.3 cm³/mol. The minimum Gasteiger partial charge on any atom is -0.508 e. The highest BCUT2D eigenvalue weighted by atomic mass is 32.2. The van der Waals surface area contributed by atoms with Crippen molar-refractivity contribution in [2.24, 2.45) is 0 Å². The van der Waals surface area contributed by atoms with Gasteiger partial charge in [-0.25, -0.2) is 0 Å². The molecule has 0 radical (unpaired) electrons. The molecule has 2 aromatic carbocycles. The Bertz CT molecular complexity index is 538. The van der Waals surface area contributed by atoms with Gasteiger partial charge in [0.25, 0.3) is 0 Å². The molecular formula is C15H16O2S. The van der Waals surface area contributed by atoms with E-state index < -0.39 is 0 Å². The lowest BCUT2D eigenvalue weighted by atomic mass is 10.1. The third-order valence-electron chi connectivity index (χ3n) is 2.66. The number of hydrogen-bond donors (Lipinski definition) is 2. The summed E-state index contributed by atoms with van der Waals surface area (Å²) in [5.41, 5.74) is 1.27. The summed E-state index contributed by atoms with van der Waals surface area (Å²) < 4.78 is 0. The summed E-state index contributed by atoms with van der Waals surface area (Å²) in [6.45, 7) is 2.15. The average molecular weight is 260 g/mol. The normalized spacial score (nSPS) is 10.5. The fourth-order valence-electron chi connectivity index (χ4n) is 1.78. The molecule has 3 heteroatoms. The Hall–Kier alpha value is -1.61. The average Bonchev–Trinajstić information content (AvgIpc) is 2.36. The van der Waals surface area contributed by atoms with Crippen molar-refractivity contribution in [2.75, 3.05) is 0 Å². The first-order valence-electron chi connectivity index (χ1n) is 5.98. The maximum absolute atomic E-state index is 9.79. The van der Waals surface area contributed by atoms with Gasteiger partial charge in [-0.2, -0.15) is 0 Å². The summed E-state index contributed by atoms with van der Waals surface area (Å²) in [5, 5.41) is 19.2. The third-order valence-corrected chi connectivity index (χ3v) is 3.82. The summed E-state index contributed by atoms with van der Waals surface area (Å²) in [7, 11) is 0. The van der Waals surface area contributed by atoms with Crippen LogP contribution in [0.2, 0.25) is 0 Å². The summed E-state index contributed by atoms with van der Waals surface area (Å²) in [6, 6.07) is 12.7. The zero-order valence-electron chi connectivity index (χ0n) is 10.3. The molecule has 0 amide bonds. The molecule has 0 aliphatic rings. The van der Waals surface area contributed by atoms with E-state index in [-0.39, 0.29) is 11.5 Å². The Morgan fingerprint density at radius 3 is 2.56 bits per heavy atom. The molecule has 0 atom stereocenters.